The van der Waals surface area contributed by atoms with Crippen LogP contribution < -0.4 is 10.6 Å². The third-order valence-corrected chi connectivity index (χ3v) is 4.71. The van der Waals surface area contributed by atoms with E-state index in [-0.39, 0.29) is 24.9 Å². The Balaban J connectivity index is 1.81. The highest BCUT2D eigenvalue weighted by molar-refractivity contribution is 5.92. The molecule has 2 rings (SSSR count). The normalized spacial score (nSPS) is 16.4. The number of carbonyl (C=O) groups is 2. The molecule has 1 aliphatic rings. The Hall–Kier alpha value is -2.39. The minimum absolute atomic E-state index is 0.0880. The lowest BCUT2D eigenvalue weighted by atomic mass is 9.92. The van der Waals surface area contributed by atoms with Gasteiger partial charge in [0.15, 0.2) is 0 Å². The lowest BCUT2D eigenvalue weighted by Crippen LogP contribution is -2.50. The van der Waals surface area contributed by atoms with E-state index in [2.05, 4.69) is 16.7 Å². The molecule has 0 bridgehead atoms. The van der Waals surface area contributed by atoms with E-state index in [1.165, 1.54) is 0 Å². The van der Waals surface area contributed by atoms with Gasteiger partial charge in [-0.1, -0.05) is 43.4 Å². The van der Waals surface area contributed by atoms with E-state index < -0.39 is 5.54 Å². The number of benzene rings is 1. The maximum Gasteiger partial charge on any atom is 0.238 e. The Morgan fingerprint density at radius 1 is 1.08 bits per heavy atom. The molecule has 1 saturated carbocycles. The summed E-state index contributed by atoms with van der Waals surface area (Å²) in [6.07, 6.45) is 5.54. The van der Waals surface area contributed by atoms with Gasteiger partial charge in [-0.3, -0.25) is 14.5 Å². The molecule has 1 aromatic carbocycles. The predicted octanol–water partition coefficient (Wildman–Crippen LogP) is 2.60. The molecule has 1 aliphatic carbocycles. The van der Waals surface area contributed by atoms with Crippen LogP contribution in [0, 0.1) is 18.3 Å². The largest absolute Gasteiger partial charge is 0.337 e. The van der Waals surface area contributed by atoms with Crippen LogP contribution in [0.25, 0.3) is 0 Å². The van der Waals surface area contributed by atoms with Crippen LogP contribution in [0.1, 0.15) is 44.1 Å². The molecule has 0 heterocycles. The summed E-state index contributed by atoms with van der Waals surface area (Å²) in [5.74, 6) is -0.382. The van der Waals surface area contributed by atoms with Crippen molar-refractivity contribution in [1.29, 1.82) is 5.26 Å². The monoisotopic (exact) mass is 356 g/mol. The van der Waals surface area contributed by atoms with Gasteiger partial charge in [-0.05, 0) is 38.9 Å². The molecule has 26 heavy (non-hydrogen) atoms. The SMILES string of the molecule is Cc1ccc(NC(=O)CN(C)CC(=O)NC2(C#N)CCCCCC2)cc1. The van der Waals surface area contributed by atoms with Crippen LogP contribution in [0.2, 0.25) is 0 Å². The molecule has 0 atom stereocenters. The Morgan fingerprint density at radius 3 is 2.23 bits per heavy atom. The quantitative estimate of drug-likeness (QED) is 0.767. The van der Waals surface area contributed by atoms with E-state index >= 15 is 0 Å². The van der Waals surface area contributed by atoms with Crippen molar-refractivity contribution in [3.63, 3.8) is 0 Å². The number of likely N-dealkylation sites (N-methyl/N-ethyl adjacent to an activating group) is 1. The first kappa shape index (κ1) is 19.9. The van der Waals surface area contributed by atoms with Crippen LogP contribution >= 0.6 is 0 Å². The Bertz CT molecular complexity index is 655. The summed E-state index contributed by atoms with van der Waals surface area (Å²) in [4.78, 5) is 26.1. The summed E-state index contributed by atoms with van der Waals surface area (Å²) < 4.78 is 0. The fraction of sp³-hybridized carbons (Fsp3) is 0.550. The number of amides is 2. The number of anilines is 1. The summed E-state index contributed by atoms with van der Waals surface area (Å²) in [5.41, 5.74) is 1.11. The molecule has 0 spiro atoms. The molecule has 6 nitrogen and oxygen atoms in total. The van der Waals surface area contributed by atoms with Gasteiger partial charge < -0.3 is 10.6 Å². The second-order valence-corrected chi connectivity index (χ2v) is 7.24. The summed E-state index contributed by atoms with van der Waals surface area (Å²) in [7, 11) is 1.72. The molecule has 1 fully saturated rings. The molecule has 1 aromatic rings. The topological polar surface area (TPSA) is 85.2 Å². The van der Waals surface area contributed by atoms with Crippen LogP contribution in [0.3, 0.4) is 0 Å². The predicted molar refractivity (Wildman–Crippen MR) is 101 cm³/mol. The lowest BCUT2D eigenvalue weighted by molar-refractivity contribution is -0.124. The van der Waals surface area contributed by atoms with Crippen molar-refractivity contribution < 1.29 is 9.59 Å². The minimum Gasteiger partial charge on any atom is -0.337 e. The summed E-state index contributed by atoms with van der Waals surface area (Å²) in [5, 5.41) is 15.3. The Kier molecular flexibility index (Phi) is 7.16. The molecular formula is C20H28N4O2. The highest BCUT2D eigenvalue weighted by Gasteiger charge is 2.32. The highest BCUT2D eigenvalue weighted by Crippen LogP contribution is 2.26. The van der Waals surface area contributed by atoms with Gasteiger partial charge in [0.05, 0.1) is 19.2 Å². The van der Waals surface area contributed by atoms with E-state index in [0.717, 1.165) is 36.9 Å². The lowest BCUT2D eigenvalue weighted by Gasteiger charge is -2.27. The number of hydrogen-bond acceptors (Lipinski definition) is 4. The molecule has 0 radical (unpaired) electrons. The van der Waals surface area contributed by atoms with Gasteiger partial charge in [-0.2, -0.15) is 5.26 Å². The van der Waals surface area contributed by atoms with Crippen molar-refractivity contribution in [1.82, 2.24) is 10.2 Å². The standard InChI is InChI=1S/C20H28N4O2/c1-16-7-9-17(10-8-16)22-18(25)13-24(2)14-19(26)23-20(15-21)11-5-3-4-6-12-20/h7-10H,3-6,11-14H2,1-2H3,(H,22,25)(H,23,26). The second-order valence-electron chi connectivity index (χ2n) is 7.24. The van der Waals surface area contributed by atoms with E-state index in [4.69, 9.17) is 0 Å². The number of carbonyl (C=O) groups excluding carboxylic acids is 2. The van der Waals surface area contributed by atoms with E-state index in [0.29, 0.717) is 12.8 Å². The van der Waals surface area contributed by atoms with E-state index in [9.17, 15) is 14.9 Å². The zero-order valence-corrected chi connectivity index (χ0v) is 15.7. The number of hydrogen-bond donors (Lipinski definition) is 2. The Morgan fingerprint density at radius 2 is 1.65 bits per heavy atom. The fourth-order valence-corrected chi connectivity index (χ4v) is 3.29. The number of nitrogens with one attached hydrogen (secondary N) is 2. The van der Waals surface area contributed by atoms with Crippen LogP contribution in [-0.2, 0) is 9.59 Å². The van der Waals surface area contributed by atoms with Gasteiger partial charge in [0.1, 0.15) is 5.54 Å². The maximum atomic E-state index is 12.3. The molecule has 0 aromatic heterocycles. The van der Waals surface area contributed by atoms with Gasteiger partial charge in [-0.25, -0.2) is 0 Å². The molecule has 6 heteroatoms. The van der Waals surface area contributed by atoms with Gasteiger partial charge in [0.2, 0.25) is 11.8 Å². The summed E-state index contributed by atoms with van der Waals surface area (Å²) in [6.45, 7) is 2.19. The second kappa shape index (κ2) is 9.35. The molecule has 2 amide bonds. The van der Waals surface area contributed by atoms with Crippen LogP contribution in [0.5, 0.6) is 0 Å². The molecule has 0 unspecified atom stereocenters. The smallest absolute Gasteiger partial charge is 0.238 e. The zero-order chi connectivity index (χ0) is 19.0. The minimum atomic E-state index is -0.751. The van der Waals surface area contributed by atoms with Crippen molar-refractivity contribution in [3.8, 4) is 6.07 Å². The highest BCUT2D eigenvalue weighted by atomic mass is 16.2. The van der Waals surface area contributed by atoms with Crippen molar-refractivity contribution >= 4 is 17.5 Å². The third-order valence-electron chi connectivity index (χ3n) is 4.71. The third kappa shape index (κ3) is 6.16. The molecule has 2 N–H and O–H groups in total. The molecule has 140 valence electrons. The average molecular weight is 356 g/mol. The molecule has 0 saturated heterocycles. The molecule has 0 aliphatic heterocycles. The van der Waals surface area contributed by atoms with Crippen LogP contribution in [-0.4, -0.2) is 42.4 Å². The van der Waals surface area contributed by atoms with Crippen molar-refractivity contribution in [2.45, 2.75) is 51.0 Å². The first-order valence-electron chi connectivity index (χ1n) is 9.20. The van der Waals surface area contributed by atoms with E-state index in [1.54, 1.807) is 11.9 Å². The van der Waals surface area contributed by atoms with E-state index in [1.807, 2.05) is 31.2 Å². The van der Waals surface area contributed by atoms with Crippen molar-refractivity contribution in [2.75, 3.05) is 25.5 Å². The van der Waals surface area contributed by atoms with Gasteiger partial charge in [0.25, 0.3) is 0 Å². The average Bonchev–Trinajstić information content (AvgIpc) is 2.82. The van der Waals surface area contributed by atoms with Gasteiger partial charge in [-0.15, -0.1) is 0 Å². The van der Waals surface area contributed by atoms with Gasteiger partial charge >= 0.3 is 0 Å². The van der Waals surface area contributed by atoms with Gasteiger partial charge in [0, 0.05) is 5.69 Å². The Labute approximate surface area is 155 Å². The van der Waals surface area contributed by atoms with Crippen LogP contribution in [0.15, 0.2) is 24.3 Å². The number of nitriles is 1. The number of nitrogens with zero attached hydrogens (tertiary/aromatic N) is 2. The summed E-state index contributed by atoms with van der Waals surface area (Å²) >= 11 is 0. The first-order chi connectivity index (χ1) is 12.4. The van der Waals surface area contributed by atoms with Crippen molar-refractivity contribution in [3.05, 3.63) is 29.8 Å². The number of aryl methyl sites for hydroxylation is 1. The molecular weight excluding hydrogens is 328 g/mol. The summed E-state index contributed by atoms with van der Waals surface area (Å²) in [6, 6.07) is 9.87. The van der Waals surface area contributed by atoms with Crippen molar-refractivity contribution in [2.24, 2.45) is 0 Å². The van der Waals surface area contributed by atoms with Crippen LogP contribution in [0.4, 0.5) is 5.69 Å². The maximum absolute atomic E-state index is 12.3. The fourth-order valence-electron chi connectivity index (χ4n) is 3.29. The zero-order valence-electron chi connectivity index (χ0n) is 15.7. The first-order valence-corrected chi connectivity index (χ1v) is 9.20. The number of rotatable bonds is 6.